The lowest BCUT2D eigenvalue weighted by molar-refractivity contribution is 0.978. The van der Waals surface area contributed by atoms with Gasteiger partial charge >= 0.3 is 0 Å². The molecule has 0 aliphatic heterocycles. The molecular weight excluding hydrogens is 360 g/mol. The third kappa shape index (κ3) is 2.27. The van der Waals surface area contributed by atoms with Crippen molar-refractivity contribution < 1.29 is 0 Å². The molecule has 0 saturated heterocycles. The zero-order chi connectivity index (χ0) is 12.7. The zero-order valence-electron chi connectivity index (χ0n) is 9.40. The van der Waals surface area contributed by atoms with Gasteiger partial charge in [-0.25, -0.2) is 9.97 Å². The number of nitrogens with two attached hydrogens (primary N) is 1. The van der Waals surface area contributed by atoms with E-state index in [1.165, 1.54) is 12.8 Å². The molecule has 0 unspecified atom stereocenters. The first-order chi connectivity index (χ1) is 8.65. The van der Waals surface area contributed by atoms with E-state index in [0.717, 1.165) is 20.3 Å². The zero-order valence-corrected chi connectivity index (χ0v) is 12.6. The van der Waals surface area contributed by atoms with E-state index in [4.69, 9.17) is 5.73 Å². The predicted octanol–water partition coefficient (Wildman–Crippen LogP) is 3.52. The van der Waals surface area contributed by atoms with Crippen molar-refractivity contribution >= 4 is 37.7 Å². The van der Waals surface area contributed by atoms with Crippen molar-refractivity contribution in [2.75, 3.05) is 5.73 Å². The lowest BCUT2D eigenvalue weighted by atomic mass is 10.2. The van der Waals surface area contributed by atoms with Crippen LogP contribution in [0.15, 0.2) is 27.3 Å². The maximum absolute atomic E-state index is 5.92. The van der Waals surface area contributed by atoms with Gasteiger partial charge in [-0.3, -0.25) is 4.98 Å². The first kappa shape index (κ1) is 12.0. The molecule has 2 aromatic rings. The lowest BCUT2D eigenvalue weighted by Gasteiger charge is -2.07. The molecule has 18 heavy (non-hydrogen) atoms. The third-order valence-electron chi connectivity index (χ3n) is 2.82. The Bertz CT molecular complexity index is 594. The van der Waals surface area contributed by atoms with Gasteiger partial charge in [-0.2, -0.15) is 0 Å². The summed E-state index contributed by atoms with van der Waals surface area (Å²) in [6.45, 7) is 0. The SMILES string of the molecule is Nc1nc(-c2ccc(Br)cn2)nc(C2CC2)c1Br. The quantitative estimate of drug-likeness (QED) is 0.879. The average Bonchev–Trinajstić information content (AvgIpc) is 3.18. The summed E-state index contributed by atoms with van der Waals surface area (Å²) >= 11 is 6.82. The molecule has 6 heteroatoms. The van der Waals surface area contributed by atoms with E-state index in [9.17, 15) is 0 Å². The fraction of sp³-hybridized carbons (Fsp3) is 0.250. The van der Waals surface area contributed by atoms with Crippen LogP contribution in [0.2, 0.25) is 0 Å². The summed E-state index contributed by atoms with van der Waals surface area (Å²) in [6, 6.07) is 3.80. The van der Waals surface area contributed by atoms with Gasteiger partial charge in [0.1, 0.15) is 11.5 Å². The van der Waals surface area contributed by atoms with E-state index in [0.29, 0.717) is 17.6 Å². The van der Waals surface area contributed by atoms with Crippen molar-refractivity contribution in [1.82, 2.24) is 15.0 Å². The highest BCUT2D eigenvalue weighted by molar-refractivity contribution is 9.10. The van der Waals surface area contributed by atoms with Crippen LogP contribution in [-0.4, -0.2) is 15.0 Å². The molecule has 0 aromatic carbocycles. The molecule has 1 aliphatic rings. The molecule has 1 saturated carbocycles. The van der Waals surface area contributed by atoms with Crippen molar-refractivity contribution in [3.05, 3.63) is 33.0 Å². The van der Waals surface area contributed by atoms with Crippen molar-refractivity contribution in [3.63, 3.8) is 0 Å². The number of pyridine rings is 1. The molecule has 0 atom stereocenters. The molecule has 1 aliphatic carbocycles. The molecule has 1 fully saturated rings. The summed E-state index contributed by atoms with van der Waals surface area (Å²) in [4.78, 5) is 13.2. The van der Waals surface area contributed by atoms with Gasteiger partial charge in [-0.05, 0) is 56.8 Å². The fourth-order valence-electron chi connectivity index (χ4n) is 1.73. The topological polar surface area (TPSA) is 64.7 Å². The standard InChI is InChI=1S/C12H10Br2N4/c13-7-3-4-8(16-5-7)12-17-10(6-1-2-6)9(14)11(15)18-12/h3-6H,1-2H2,(H2,15,17,18). The molecule has 2 aromatic heterocycles. The van der Waals surface area contributed by atoms with E-state index in [-0.39, 0.29) is 0 Å². The van der Waals surface area contributed by atoms with Crippen LogP contribution in [0.1, 0.15) is 24.5 Å². The Balaban J connectivity index is 2.09. The highest BCUT2D eigenvalue weighted by Crippen LogP contribution is 2.43. The Hall–Kier alpha value is -1.01. The first-order valence-electron chi connectivity index (χ1n) is 5.60. The monoisotopic (exact) mass is 368 g/mol. The number of nitrogen functional groups attached to an aromatic ring is 1. The summed E-state index contributed by atoms with van der Waals surface area (Å²) < 4.78 is 1.75. The molecule has 0 bridgehead atoms. The van der Waals surface area contributed by atoms with Crippen LogP contribution >= 0.6 is 31.9 Å². The Morgan fingerprint density at radius 1 is 1.17 bits per heavy atom. The number of aromatic nitrogens is 3. The van der Waals surface area contributed by atoms with E-state index in [1.54, 1.807) is 6.20 Å². The first-order valence-corrected chi connectivity index (χ1v) is 7.18. The molecule has 3 rings (SSSR count). The summed E-state index contributed by atoms with van der Waals surface area (Å²) in [5.41, 5.74) is 7.66. The molecule has 2 heterocycles. The van der Waals surface area contributed by atoms with Crippen LogP contribution in [0.25, 0.3) is 11.5 Å². The molecule has 4 nitrogen and oxygen atoms in total. The van der Waals surface area contributed by atoms with Crippen LogP contribution in [-0.2, 0) is 0 Å². The average molecular weight is 370 g/mol. The van der Waals surface area contributed by atoms with Crippen molar-refractivity contribution in [2.45, 2.75) is 18.8 Å². The third-order valence-corrected chi connectivity index (χ3v) is 4.10. The highest BCUT2D eigenvalue weighted by Gasteiger charge is 2.29. The minimum Gasteiger partial charge on any atom is -0.383 e. The van der Waals surface area contributed by atoms with Crippen LogP contribution in [0.3, 0.4) is 0 Å². The minimum absolute atomic E-state index is 0.478. The molecule has 0 amide bonds. The Kier molecular flexibility index (Phi) is 3.07. The molecular formula is C12H10Br2N4. The second-order valence-electron chi connectivity index (χ2n) is 4.27. The maximum atomic E-state index is 5.92. The van der Waals surface area contributed by atoms with E-state index in [2.05, 4.69) is 46.8 Å². The van der Waals surface area contributed by atoms with E-state index >= 15 is 0 Å². The van der Waals surface area contributed by atoms with Crippen LogP contribution in [0.5, 0.6) is 0 Å². The molecule has 0 spiro atoms. The second kappa shape index (κ2) is 4.59. The lowest BCUT2D eigenvalue weighted by Crippen LogP contribution is -2.02. The largest absolute Gasteiger partial charge is 0.383 e. The number of hydrogen-bond donors (Lipinski definition) is 1. The van der Waals surface area contributed by atoms with Crippen molar-refractivity contribution in [3.8, 4) is 11.5 Å². The number of rotatable bonds is 2. The molecule has 2 N–H and O–H groups in total. The van der Waals surface area contributed by atoms with Gasteiger partial charge in [0, 0.05) is 16.6 Å². The Morgan fingerprint density at radius 3 is 2.56 bits per heavy atom. The second-order valence-corrected chi connectivity index (χ2v) is 5.98. The number of anilines is 1. The van der Waals surface area contributed by atoms with E-state index < -0.39 is 0 Å². The highest BCUT2D eigenvalue weighted by atomic mass is 79.9. The maximum Gasteiger partial charge on any atom is 0.180 e. The normalized spacial score (nSPS) is 14.8. The van der Waals surface area contributed by atoms with Gasteiger partial charge in [-0.15, -0.1) is 0 Å². The van der Waals surface area contributed by atoms with Gasteiger partial charge in [0.15, 0.2) is 5.82 Å². The Labute approximate surface area is 121 Å². The predicted molar refractivity (Wildman–Crippen MR) is 77.1 cm³/mol. The molecule has 92 valence electrons. The minimum atomic E-state index is 0.478. The van der Waals surface area contributed by atoms with Crippen LogP contribution in [0, 0.1) is 0 Å². The van der Waals surface area contributed by atoms with Gasteiger partial charge in [0.2, 0.25) is 0 Å². The van der Waals surface area contributed by atoms with Gasteiger partial charge in [0.05, 0.1) is 10.2 Å². The van der Waals surface area contributed by atoms with Crippen molar-refractivity contribution in [2.24, 2.45) is 0 Å². The van der Waals surface area contributed by atoms with Crippen LogP contribution in [0.4, 0.5) is 5.82 Å². The molecule has 0 radical (unpaired) electrons. The van der Waals surface area contributed by atoms with E-state index in [1.807, 2.05) is 12.1 Å². The fourth-order valence-corrected chi connectivity index (χ4v) is 2.47. The van der Waals surface area contributed by atoms with Gasteiger partial charge in [0.25, 0.3) is 0 Å². The summed E-state index contributed by atoms with van der Waals surface area (Å²) in [5.74, 6) is 1.58. The Morgan fingerprint density at radius 2 is 1.94 bits per heavy atom. The smallest absolute Gasteiger partial charge is 0.180 e. The van der Waals surface area contributed by atoms with Gasteiger partial charge in [-0.1, -0.05) is 0 Å². The summed E-state index contributed by atoms with van der Waals surface area (Å²) in [5, 5.41) is 0. The van der Waals surface area contributed by atoms with Gasteiger partial charge < -0.3 is 5.73 Å². The number of halogens is 2. The van der Waals surface area contributed by atoms with Crippen LogP contribution < -0.4 is 5.73 Å². The summed E-state index contributed by atoms with van der Waals surface area (Å²) in [7, 11) is 0. The van der Waals surface area contributed by atoms with Crippen molar-refractivity contribution in [1.29, 1.82) is 0 Å². The summed E-state index contributed by atoms with van der Waals surface area (Å²) in [6.07, 6.45) is 4.07. The number of hydrogen-bond acceptors (Lipinski definition) is 4. The number of nitrogens with zero attached hydrogens (tertiary/aromatic N) is 3.